The molecule has 4 aromatic rings. The number of halogens is 2. The second-order valence-electron chi connectivity index (χ2n) is 8.89. The van der Waals surface area contributed by atoms with Crippen LogP contribution in [0.15, 0.2) is 53.2 Å². The summed E-state index contributed by atoms with van der Waals surface area (Å²) in [6, 6.07) is 10.5. The van der Waals surface area contributed by atoms with Gasteiger partial charge in [-0.05, 0) is 55.5 Å². The summed E-state index contributed by atoms with van der Waals surface area (Å²) in [4.78, 5) is 28.6. The SMILES string of the molecule is Cc1ccc(-c2ncccn2)c(C(=O)N2CCC[C@@H](C)[C@H]2CNc2nc3ccc(Cl)cc3o2)c1F. The van der Waals surface area contributed by atoms with Crippen LogP contribution in [0.2, 0.25) is 5.02 Å². The number of hydrogen-bond acceptors (Lipinski definition) is 6. The van der Waals surface area contributed by atoms with Crippen LogP contribution in [-0.4, -0.2) is 44.9 Å². The van der Waals surface area contributed by atoms with E-state index in [1.54, 1.807) is 60.6 Å². The second kappa shape index (κ2) is 9.62. The fourth-order valence-corrected chi connectivity index (χ4v) is 4.80. The maximum absolute atomic E-state index is 15.4. The molecule has 0 bridgehead atoms. The van der Waals surface area contributed by atoms with Crippen molar-refractivity contribution in [1.29, 1.82) is 0 Å². The summed E-state index contributed by atoms with van der Waals surface area (Å²) in [6.07, 6.45) is 4.97. The van der Waals surface area contributed by atoms with Gasteiger partial charge in [-0.1, -0.05) is 24.6 Å². The van der Waals surface area contributed by atoms with Crippen LogP contribution < -0.4 is 5.32 Å². The first-order valence-electron chi connectivity index (χ1n) is 11.6. The zero-order valence-corrected chi connectivity index (χ0v) is 20.2. The molecule has 1 amide bonds. The molecule has 1 fully saturated rings. The van der Waals surface area contributed by atoms with Gasteiger partial charge in [0, 0.05) is 42.1 Å². The van der Waals surface area contributed by atoms with E-state index in [1.165, 1.54) is 0 Å². The Morgan fingerprint density at radius 1 is 1.26 bits per heavy atom. The summed E-state index contributed by atoms with van der Waals surface area (Å²) >= 11 is 6.05. The average molecular weight is 494 g/mol. The van der Waals surface area contributed by atoms with E-state index in [-0.39, 0.29) is 23.4 Å². The third kappa shape index (κ3) is 4.58. The maximum Gasteiger partial charge on any atom is 0.295 e. The van der Waals surface area contributed by atoms with E-state index in [1.807, 2.05) is 0 Å². The molecule has 0 unspecified atom stereocenters. The summed E-state index contributed by atoms with van der Waals surface area (Å²) in [5, 5.41) is 3.80. The molecule has 1 N–H and O–H groups in total. The molecule has 1 saturated heterocycles. The smallest absolute Gasteiger partial charge is 0.295 e. The number of likely N-dealkylation sites (tertiary alicyclic amines) is 1. The van der Waals surface area contributed by atoms with Crippen LogP contribution in [0, 0.1) is 18.7 Å². The number of carbonyl (C=O) groups is 1. The van der Waals surface area contributed by atoms with Crippen LogP contribution in [0.1, 0.15) is 35.7 Å². The molecule has 180 valence electrons. The van der Waals surface area contributed by atoms with Crippen molar-refractivity contribution in [3.8, 4) is 11.4 Å². The molecule has 0 aliphatic carbocycles. The number of carbonyl (C=O) groups excluding carboxylic acids is 1. The Balaban J connectivity index is 1.45. The van der Waals surface area contributed by atoms with Crippen LogP contribution >= 0.6 is 11.6 Å². The maximum atomic E-state index is 15.4. The van der Waals surface area contributed by atoms with Gasteiger partial charge in [-0.2, -0.15) is 4.98 Å². The quantitative estimate of drug-likeness (QED) is 0.381. The van der Waals surface area contributed by atoms with Crippen molar-refractivity contribution in [3.63, 3.8) is 0 Å². The highest BCUT2D eigenvalue weighted by Crippen LogP contribution is 2.31. The number of nitrogens with zero attached hydrogens (tertiary/aromatic N) is 4. The molecule has 7 nitrogen and oxygen atoms in total. The Morgan fingerprint density at radius 2 is 2.06 bits per heavy atom. The Kier molecular flexibility index (Phi) is 6.38. The highest BCUT2D eigenvalue weighted by atomic mass is 35.5. The van der Waals surface area contributed by atoms with Gasteiger partial charge in [0.25, 0.3) is 11.9 Å². The van der Waals surface area contributed by atoms with Gasteiger partial charge in [0.1, 0.15) is 11.3 Å². The fourth-order valence-electron chi connectivity index (χ4n) is 4.64. The van der Waals surface area contributed by atoms with Gasteiger partial charge >= 0.3 is 0 Å². The van der Waals surface area contributed by atoms with Gasteiger partial charge in [-0.3, -0.25) is 4.79 Å². The number of piperidine rings is 1. The van der Waals surface area contributed by atoms with Gasteiger partial charge < -0.3 is 14.6 Å². The van der Waals surface area contributed by atoms with E-state index in [0.717, 1.165) is 12.8 Å². The van der Waals surface area contributed by atoms with E-state index in [0.29, 0.717) is 52.2 Å². The largest absolute Gasteiger partial charge is 0.424 e. The Labute approximate surface area is 207 Å². The lowest BCUT2D eigenvalue weighted by atomic mass is 9.89. The molecule has 3 heterocycles. The zero-order chi connectivity index (χ0) is 24.5. The normalized spacial score (nSPS) is 18.1. The van der Waals surface area contributed by atoms with Crippen molar-refractivity contribution < 1.29 is 13.6 Å². The van der Waals surface area contributed by atoms with Crippen molar-refractivity contribution in [2.75, 3.05) is 18.4 Å². The van der Waals surface area contributed by atoms with Gasteiger partial charge in [-0.25, -0.2) is 14.4 Å². The number of nitrogens with one attached hydrogen (secondary N) is 1. The molecule has 2 aromatic heterocycles. The van der Waals surface area contributed by atoms with E-state index in [9.17, 15) is 4.79 Å². The number of aromatic nitrogens is 3. The lowest BCUT2D eigenvalue weighted by Gasteiger charge is -2.40. The van der Waals surface area contributed by atoms with Crippen LogP contribution in [0.3, 0.4) is 0 Å². The monoisotopic (exact) mass is 493 g/mol. The highest BCUT2D eigenvalue weighted by Gasteiger charge is 2.35. The molecule has 1 aliphatic rings. The minimum atomic E-state index is -0.541. The molecule has 1 aliphatic heterocycles. The van der Waals surface area contributed by atoms with E-state index in [4.69, 9.17) is 16.0 Å². The first kappa shape index (κ1) is 23.2. The molecule has 0 radical (unpaired) electrons. The molecule has 0 saturated carbocycles. The third-order valence-corrected chi connectivity index (χ3v) is 6.78. The van der Waals surface area contributed by atoms with Crippen LogP contribution in [0.5, 0.6) is 0 Å². The molecular weight excluding hydrogens is 469 g/mol. The number of fused-ring (bicyclic) bond motifs is 1. The van der Waals surface area contributed by atoms with Gasteiger partial charge in [0.15, 0.2) is 11.4 Å². The summed E-state index contributed by atoms with van der Waals surface area (Å²) in [5.74, 6) is -0.389. The topological polar surface area (TPSA) is 84.2 Å². The molecule has 0 spiro atoms. The summed E-state index contributed by atoms with van der Waals surface area (Å²) < 4.78 is 21.2. The number of benzene rings is 2. The fraction of sp³-hybridized carbons (Fsp3) is 0.308. The molecule has 2 atom stereocenters. The summed E-state index contributed by atoms with van der Waals surface area (Å²) in [5.41, 5.74) is 2.07. The number of hydrogen-bond donors (Lipinski definition) is 1. The highest BCUT2D eigenvalue weighted by molar-refractivity contribution is 6.31. The lowest BCUT2D eigenvalue weighted by Crippen LogP contribution is -2.51. The van der Waals surface area contributed by atoms with Crippen LogP contribution in [0.25, 0.3) is 22.5 Å². The zero-order valence-electron chi connectivity index (χ0n) is 19.5. The average Bonchev–Trinajstić information content (AvgIpc) is 3.26. The van der Waals surface area contributed by atoms with E-state index < -0.39 is 5.82 Å². The minimum absolute atomic E-state index is 0.00630. The van der Waals surface area contributed by atoms with Gasteiger partial charge in [-0.15, -0.1) is 0 Å². The molecular formula is C26H25ClFN5O2. The van der Waals surface area contributed by atoms with Crippen molar-refractivity contribution in [3.05, 3.63) is 70.8 Å². The van der Waals surface area contributed by atoms with Crippen molar-refractivity contribution in [1.82, 2.24) is 19.9 Å². The van der Waals surface area contributed by atoms with Gasteiger partial charge in [0.2, 0.25) is 0 Å². The van der Waals surface area contributed by atoms with Crippen LogP contribution in [-0.2, 0) is 0 Å². The lowest BCUT2D eigenvalue weighted by molar-refractivity contribution is 0.0535. The van der Waals surface area contributed by atoms with E-state index in [2.05, 4.69) is 27.2 Å². The molecule has 35 heavy (non-hydrogen) atoms. The number of amides is 1. The standard InChI is InChI=1S/C26H25ClFN5O2/c1-15-5-3-12-33(20(15)14-31-26-32-19-9-7-17(27)13-21(19)35-26)25(34)22-18(8-6-16(2)23(22)28)24-29-10-4-11-30-24/h4,6-11,13,15,20H,3,5,12,14H2,1-2H3,(H,31,32)/t15-,20-/m1/s1. The summed E-state index contributed by atoms with van der Waals surface area (Å²) in [7, 11) is 0. The molecule has 5 rings (SSSR count). The summed E-state index contributed by atoms with van der Waals surface area (Å²) in [6.45, 7) is 4.70. The van der Waals surface area contributed by atoms with Crippen molar-refractivity contribution in [2.45, 2.75) is 32.7 Å². The second-order valence-corrected chi connectivity index (χ2v) is 9.33. The third-order valence-electron chi connectivity index (χ3n) is 6.55. The van der Waals surface area contributed by atoms with Gasteiger partial charge in [0.05, 0.1) is 11.6 Å². The Bertz CT molecular complexity index is 1380. The number of rotatable bonds is 5. The number of aryl methyl sites for hydroxylation is 1. The Hall–Kier alpha value is -3.52. The number of oxazole rings is 1. The van der Waals surface area contributed by atoms with Crippen molar-refractivity contribution >= 4 is 34.6 Å². The first-order chi connectivity index (χ1) is 16.9. The van der Waals surface area contributed by atoms with E-state index >= 15 is 4.39 Å². The number of anilines is 1. The predicted molar refractivity (Wildman–Crippen MR) is 133 cm³/mol. The molecule has 9 heteroatoms. The van der Waals surface area contributed by atoms with Crippen LogP contribution in [0.4, 0.5) is 10.4 Å². The first-order valence-corrected chi connectivity index (χ1v) is 12.0. The predicted octanol–water partition coefficient (Wildman–Crippen LogP) is 5.74. The molecule has 2 aromatic carbocycles. The van der Waals surface area contributed by atoms with Crippen molar-refractivity contribution in [2.24, 2.45) is 5.92 Å². The Morgan fingerprint density at radius 3 is 2.86 bits per heavy atom. The minimum Gasteiger partial charge on any atom is -0.424 e.